The van der Waals surface area contributed by atoms with Gasteiger partial charge in [0.15, 0.2) is 14.3 Å². The zero-order valence-electron chi connectivity index (χ0n) is 14.5. The first-order valence-electron chi connectivity index (χ1n) is 8.36. The van der Waals surface area contributed by atoms with E-state index in [-0.39, 0.29) is 6.71 Å². The highest BCUT2D eigenvalue weighted by Gasteiger charge is 2.28. The predicted octanol–water partition coefficient (Wildman–Crippen LogP) is 1.84. The van der Waals surface area contributed by atoms with Gasteiger partial charge in [-0.3, -0.25) is 0 Å². The van der Waals surface area contributed by atoms with Gasteiger partial charge < -0.3 is 28.7 Å². The molecule has 0 aliphatic rings. The zero-order chi connectivity index (χ0) is 18.1. The lowest BCUT2D eigenvalue weighted by molar-refractivity contribution is 0.749. The smallest absolute Gasteiger partial charge is 0.307 e. The third kappa shape index (κ3) is 3.38. The molecule has 3 aromatic rings. The molecule has 6 nitrogen and oxygen atoms in total. The molecule has 0 aliphatic heterocycles. The van der Waals surface area contributed by atoms with Crippen LogP contribution in [0, 0.1) is 14.3 Å². The van der Waals surface area contributed by atoms with Gasteiger partial charge in [-0.1, -0.05) is 0 Å². The van der Waals surface area contributed by atoms with Gasteiger partial charge in [0, 0.05) is 55.0 Å². The van der Waals surface area contributed by atoms with Gasteiger partial charge in [-0.25, -0.2) is 0 Å². The van der Waals surface area contributed by atoms with Gasteiger partial charge >= 0.3 is 6.71 Å². The summed E-state index contributed by atoms with van der Waals surface area (Å²) in [4.78, 5) is 10.0. The monoisotopic (exact) mass is 392 g/mol. The van der Waals surface area contributed by atoms with Crippen LogP contribution in [-0.4, -0.2) is 35.4 Å². The highest BCUT2D eigenvalue weighted by Crippen LogP contribution is 1.98. The van der Waals surface area contributed by atoms with Gasteiger partial charge in [-0.2, -0.15) is 0 Å². The van der Waals surface area contributed by atoms with Crippen LogP contribution < -0.4 is 16.8 Å². The number of hydrogen-bond acceptors (Lipinski definition) is 3. The zero-order valence-corrected chi connectivity index (χ0v) is 16.9. The van der Waals surface area contributed by atoms with Gasteiger partial charge in [0.25, 0.3) is 0 Å². The molecule has 132 valence electrons. The van der Waals surface area contributed by atoms with E-state index in [1.54, 1.807) is 0 Å². The van der Waals surface area contributed by atoms with E-state index in [0.717, 1.165) is 36.4 Å². The average Bonchev–Trinajstić information content (AvgIpc) is 3.25. The molecule has 0 bridgehead atoms. The Kier molecular flexibility index (Phi) is 5.31. The maximum absolute atomic E-state index is 5.43. The minimum absolute atomic E-state index is 0.0708. The molecule has 0 radical (unpaired) electrons. The second-order valence-electron chi connectivity index (χ2n) is 5.83. The van der Waals surface area contributed by atoms with E-state index in [1.807, 2.05) is 13.7 Å². The van der Waals surface area contributed by atoms with Crippen molar-refractivity contribution in [2.24, 2.45) is 0 Å². The Morgan fingerprint density at radius 2 is 0.960 bits per heavy atom. The minimum atomic E-state index is -0.0708. The summed E-state index contributed by atoms with van der Waals surface area (Å²) < 4.78 is 8.20. The summed E-state index contributed by atoms with van der Waals surface area (Å²) in [7, 11) is 0. The van der Waals surface area contributed by atoms with Crippen molar-refractivity contribution in [3.63, 3.8) is 0 Å². The molecular formula is C15H21BN6S3. The molecule has 0 saturated heterocycles. The number of nitrogens with one attached hydrogen (secondary N) is 3. The van der Waals surface area contributed by atoms with Gasteiger partial charge in [0.05, 0.1) is 0 Å². The third-order valence-corrected chi connectivity index (χ3v) is 5.39. The van der Waals surface area contributed by atoms with Crippen LogP contribution in [0.15, 0.2) is 18.6 Å². The van der Waals surface area contributed by atoms with Crippen LogP contribution in [0.25, 0.3) is 0 Å². The van der Waals surface area contributed by atoms with Gasteiger partial charge in [0.2, 0.25) is 0 Å². The van der Waals surface area contributed by atoms with Gasteiger partial charge in [-0.15, -0.1) is 0 Å². The Hall–Kier alpha value is -1.65. The Balaban J connectivity index is 2.20. The summed E-state index contributed by atoms with van der Waals surface area (Å²) in [5.41, 5.74) is 3.02. The SMILES string of the molecule is CCn1cc(B(c2cn(CC)c(=S)[nH]2)c2cn(CC)c(=S)[nH]2)[nH]c1=S. The molecule has 0 unspecified atom stereocenters. The first-order valence-corrected chi connectivity index (χ1v) is 9.58. The van der Waals surface area contributed by atoms with Crippen LogP contribution in [0.1, 0.15) is 20.8 Å². The van der Waals surface area contributed by atoms with Crippen molar-refractivity contribution in [2.45, 2.75) is 40.4 Å². The topological polar surface area (TPSA) is 62.2 Å². The van der Waals surface area contributed by atoms with E-state index < -0.39 is 0 Å². The minimum Gasteiger partial charge on any atom is -0.342 e. The molecule has 0 spiro atoms. The van der Waals surface area contributed by atoms with E-state index in [4.69, 9.17) is 36.7 Å². The lowest BCUT2D eigenvalue weighted by atomic mass is 9.43. The number of aryl methyl sites for hydroxylation is 3. The van der Waals surface area contributed by atoms with Crippen LogP contribution in [0.3, 0.4) is 0 Å². The maximum atomic E-state index is 5.43. The number of aromatic nitrogens is 6. The normalized spacial score (nSPS) is 11.2. The molecule has 3 N–H and O–H groups in total. The van der Waals surface area contributed by atoms with Crippen LogP contribution >= 0.6 is 36.7 Å². The van der Waals surface area contributed by atoms with Crippen LogP contribution in [0.2, 0.25) is 0 Å². The summed E-state index contributed by atoms with van der Waals surface area (Å²) in [6, 6.07) is 0. The van der Waals surface area contributed by atoms with Crippen molar-refractivity contribution in [2.75, 3.05) is 0 Å². The quantitative estimate of drug-likeness (QED) is 0.443. The molecule has 0 amide bonds. The van der Waals surface area contributed by atoms with Crippen molar-refractivity contribution >= 4 is 60.1 Å². The number of H-pyrrole nitrogens is 3. The summed E-state index contributed by atoms with van der Waals surface area (Å²) in [6.45, 7) is 8.61. The number of nitrogens with zero attached hydrogens (tertiary/aromatic N) is 3. The largest absolute Gasteiger partial charge is 0.342 e. The lowest BCUT2D eigenvalue weighted by Gasteiger charge is -2.08. The Morgan fingerprint density at radius 3 is 1.16 bits per heavy atom. The molecule has 25 heavy (non-hydrogen) atoms. The van der Waals surface area contributed by atoms with Crippen LogP contribution in [-0.2, 0) is 19.6 Å². The molecule has 3 heterocycles. The van der Waals surface area contributed by atoms with Gasteiger partial charge in [-0.05, 0) is 57.4 Å². The summed E-state index contributed by atoms with van der Waals surface area (Å²) in [5, 5.41) is 0. The summed E-state index contributed by atoms with van der Waals surface area (Å²) in [6.07, 6.45) is 6.19. The van der Waals surface area contributed by atoms with Crippen LogP contribution in [0.5, 0.6) is 0 Å². The van der Waals surface area contributed by atoms with E-state index in [1.165, 1.54) is 0 Å². The fourth-order valence-corrected chi connectivity index (χ4v) is 3.91. The van der Waals surface area contributed by atoms with Crippen molar-refractivity contribution in [3.8, 4) is 0 Å². The van der Waals surface area contributed by atoms with E-state index in [2.05, 4.69) is 54.3 Å². The van der Waals surface area contributed by atoms with Crippen molar-refractivity contribution < 1.29 is 0 Å². The predicted molar refractivity (Wildman–Crippen MR) is 111 cm³/mol. The van der Waals surface area contributed by atoms with E-state index >= 15 is 0 Å². The number of imidazole rings is 3. The number of aromatic amines is 3. The molecule has 0 atom stereocenters. The van der Waals surface area contributed by atoms with Gasteiger partial charge in [0.1, 0.15) is 0 Å². The van der Waals surface area contributed by atoms with Crippen molar-refractivity contribution in [3.05, 3.63) is 32.9 Å². The Labute approximate surface area is 162 Å². The highest BCUT2D eigenvalue weighted by atomic mass is 32.1. The molecule has 0 aliphatic carbocycles. The first-order chi connectivity index (χ1) is 12.0. The molecule has 10 heteroatoms. The molecule has 3 rings (SSSR count). The standard InChI is InChI=1S/C15H21BN6S3/c1-4-20-7-10(17-13(20)23)16(11-8-21(5-2)14(24)18-11)12-9-22(6-3)15(25)19-12/h7-9H,4-6H2,1-3H3,(H,17,23)(H,18,24)(H,19,25). The fraction of sp³-hybridized carbons (Fsp3) is 0.400. The second kappa shape index (κ2) is 7.31. The lowest BCUT2D eigenvalue weighted by Crippen LogP contribution is -2.54. The second-order valence-corrected chi connectivity index (χ2v) is 6.99. The van der Waals surface area contributed by atoms with Crippen molar-refractivity contribution in [1.29, 1.82) is 0 Å². The fourth-order valence-electron chi connectivity index (χ4n) is 3.01. The molecule has 0 fully saturated rings. The van der Waals surface area contributed by atoms with Crippen molar-refractivity contribution in [1.82, 2.24) is 28.7 Å². The molecule has 0 saturated carbocycles. The summed E-state index contributed by atoms with van der Waals surface area (Å²) in [5.74, 6) is 0. The molecule has 3 aromatic heterocycles. The van der Waals surface area contributed by atoms with Crippen LogP contribution in [0.4, 0.5) is 0 Å². The maximum Gasteiger partial charge on any atom is 0.307 e. The average molecular weight is 392 g/mol. The third-order valence-electron chi connectivity index (χ3n) is 4.38. The van der Waals surface area contributed by atoms with E-state index in [9.17, 15) is 0 Å². The Bertz CT molecular complexity index is 913. The number of hydrogen-bond donors (Lipinski definition) is 3. The Morgan fingerprint density at radius 1 is 0.680 bits per heavy atom. The number of rotatable bonds is 6. The molecular weight excluding hydrogens is 371 g/mol. The summed E-state index contributed by atoms with van der Waals surface area (Å²) >= 11 is 16.3. The molecule has 0 aromatic carbocycles. The van der Waals surface area contributed by atoms with E-state index in [0.29, 0.717) is 14.3 Å². The highest BCUT2D eigenvalue weighted by molar-refractivity contribution is 7.71. The first kappa shape index (κ1) is 18.2.